The third-order valence-electron chi connectivity index (χ3n) is 4.63. The minimum atomic E-state index is -0.837. The Kier molecular flexibility index (Phi) is 3.28. The number of thiocarbonyl (C=S) groups is 1. The molecule has 1 aromatic heterocycles. The summed E-state index contributed by atoms with van der Waals surface area (Å²) in [6.07, 6.45) is 4.59. The highest BCUT2D eigenvalue weighted by Crippen LogP contribution is 2.40. The van der Waals surface area contributed by atoms with Crippen LogP contribution in [-0.4, -0.2) is 32.2 Å². The van der Waals surface area contributed by atoms with Crippen LogP contribution in [0.15, 0.2) is 18.3 Å². The number of hydrogen-bond acceptors (Lipinski definition) is 4. The number of aromatic nitrogens is 1. The van der Waals surface area contributed by atoms with Gasteiger partial charge in [0.25, 0.3) is 11.8 Å². The van der Waals surface area contributed by atoms with Gasteiger partial charge in [-0.2, -0.15) is 0 Å². The first-order valence-electron chi connectivity index (χ1n) is 7.11. The van der Waals surface area contributed by atoms with E-state index in [-0.39, 0.29) is 22.5 Å². The van der Waals surface area contributed by atoms with Gasteiger partial charge in [-0.15, -0.1) is 0 Å². The van der Waals surface area contributed by atoms with Crippen LogP contribution < -0.4 is 5.73 Å². The van der Waals surface area contributed by atoms with Gasteiger partial charge in [-0.1, -0.05) is 19.1 Å². The number of pyridine rings is 1. The Morgan fingerprint density at radius 2 is 2.05 bits per heavy atom. The van der Waals surface area contributed by atoms with Gasteiger partial charge in [-0.25, -0.2) is 0 Å². The van der Waals surface area contributed by atoms with Crippen LogP contribution in [0.4, 0.5) is 0 Å². The zero-order valence-corrected chi connectivity index (χ0v) is 12.7. The van der Waals surface area contributed by atoms with Crippen molar-refractivity contribution in [2.45, 2.75) is 38.1 Å². The van der Waals surface area contributed by atoms with Crippen LogP contribution in [0.25, 0.3) is 0 Å². The predicted molar refractivity (Wildman–Crippen MR) is 81.9 cm³/mol. The molecule has 0 bridgehead atoms. The molecule has 1 aliphatic heterocycles. The minimum absolute atomic E-state index is 0.205. The summed E-state index contributed by atoms with van der Waals surface area (Å²) >= 11 is 5.23. The van der Waals surface area contributed by atoms with E-state index in [9.17, 15) is 9.59 Å². The molecule has 21 heavy (non-hydrogen) atoms. The van der Waals surface area contributed by atoms with E-state index in [2.05, 4.69) is 11.9 Å². The molecule has 0 radical (unpaired) electrons. The van der Waals surface area contributed by atoms with Gasteiger partial charge in [0, 0.05) is 6.20 Å². The topological polar surface area (TPSA) is 76.3 Å². The first kappa shape index (κ1) is 14.1. The van der Waals surface area contributed by atoms with Crippen LogP contribution in [0, 0.1) is 5.92 Å². The van der Waals surface area contributed by atoms with E-state index in [1.807, 2.05) is 0 Å². The number of nitrogens with zero attached hydrogens (tertiary/aromatic N) is 2. The molecule has 110 valence electrons. The van der Waals surface area contributed by atoms with Crippen molar-refractivity contribution in [1.82, 2.24) is 9.88 Å². The zero-order valence-electron chi connectivity index (χ0n) is 11.8. The number of fused-ring (bicyclic) bond motifs is 1. The van der Waals surface area contributed by atoms with Crippen LogP contribution in [0.2, 0.25) is 0 Å². The quantitative estimate of drug-likeness (QED) is 0.667. The van der Waals surface area contributed by atoms with Gasteiger partial charge in [0.2, 0.25) is 0 Å². The van der Waals surface area contributed by atoms with Crippen molar-refractivity contribution in [2.24, 2.45) is 11.7 Å². The summed E-state index contributed by atoms with van der Waals surface area (Å²) in [6.45, 7) is 2.16. The molecule has 2 amide bonds. The summed E-state index contributed by atoms with van der Waals surface area (Å²) in [5, 5.41) is 0. The fourth-order valence-electron chi connectivity index (χ4n) is 3.28. The summed E-state index contributed by atoms with van der Waals surface area (Å²) in [7, 11) is 0. The van der Waals surface area contributed by atoms with E-state index in [0.717, 1.165) is 12.8 Å². The van der Waals surface area contributed by atoms with Crippen molar-refractivity contribution < 1.29 is 9.59 Å². The molecule has 1 aliphatic carbocycles. The Morgan fingerprint density at radius 3 is 2.62 bits per heavy atom. The number of amides is 2. The van der Waals surface area contributed by atoms with Gasteiger partial charge in [-0.05, 0) is 43.7 Å². The van der Waals surface area contributed by atoms with Gasteiger partial charge in [-0.3, -0.25) is 19.5 Å². The molecule has 2 aliphatic rings. The number of imide groups is 1. The fraction of sp³-hybridized carbons (Fsp3) is 0.467. The Balaban J connectivity index is 2.05. The maximum absolute atomic E-state index is 12.6. The smallest absolute Gasteiger partial charge is 0.281 e. The van der Waals surface area contributed by atoms with E-state index in [4.69, 9.17) is 18.0 Å². The second kappa shape index (κ2) is 4.87. The van der Waals surface area contributed by atoms with Crippen molar-refractivity contribution in [2.75, 3.05) is 0 Å². The lowest BCUT2D eigenvalue weighted by Gasteiger charge is -2.43. The first-order chi connectivity index (χ1) is 9.97. The molecule has 0 atom stereocenters. The van der Waals surface area contributed by atoms with Crippen molar-refractivity contribution >= 4 is 29.0 Å². The molecule has 1 aromatic rings. The highest BCUT2D eigenvalue weighted by Gasteiger charge is 2.52. The van der Waals surface area contributed by atoms with Crippen LogP contribution in [0.3, 0.4) is 0 Å². The molecule has 2 N–H and O–H groups in total. The lowest BCUT2D eigenvalue weighted by atomic mass is 9.76. The number of nitrogens with two attached hydrogens (primary N) is 1. The minimum Gasteiger partial charge on any atom is -0.391 e. The average Bonchev–Trinajstić information content (AvgIpc) is 2.73. The number of rotatable bonds is 2. The lowest BCUT2D eigenvalue weighted by molar-refractivity contribution is 0.0445. The largest absolute Gasteiger partial charge is 0.391 e. The molecule has 2 heterocycles. The van der Waals surface area contributed by atoms with Crippen molar-refractivity contribution in [1.29, 1.82) is 0 Å². The molecular weight excluding hydrogens is 286 g/mol. The predicted octanol–water partition coefficient (Wildman–Crippen LogP) is 1.91. The van der Waals surface area contributed by atoms with Crippen LogP contribution >= 0.6 is 12.2 Å². The maximum atomic E-state index is 12.6. The van der Waals surface area contributed by atoms with E-state index >= 15 is 0 Å². The summed E-state index contributed by atoms with van der Waals surface area (Å²) in [6, 6.07) is 3.28. The van der Waals surface area contributed by atoms with Gasteiger partial charge >= 0.3 is 0 Å². The number of carbonyl (C=O) groups excluding carboxylic acids is 2. The number of carbonyl (C=O) groups is 2. The van der Waals surface area contributed by atoms with Crippen molar-refractivity contribution in [3.05, 3.63) is 29.6 Å². The Labute approximate surface area is 128 Å². The van der Waals surface area contributed by atoms with Crippen molar-refractivity contribution in [3.63, 3.8) is 0 Å². The lowest BCUT2D eigenvalue weighted by Crippen LogP contribution is -2.60. The molecular formula is C15H17N3O2S. The Morgan fingerprint density at radius 1 is 1.38 bits per heavy atom. The molecule has 0 unspecified atom stereocenters. The maximum Gasteiger partial charge on any atom is 0.281 e. The van der Waals surface area contributed by atoms with Gasteiger partial charge in [0.1, 0.15) is 11.2 Å². The standard InChI is InChI=1S/C15H17N3O2S/c1-9-4-6-15(7-5-9,14(16)21)18-12(19)10-3-2-8-17-11(10)13(18)20/h2-3,8-9H,4-7H2,1H3,(H2,16,21). The Bertz CT molecular complexity index is 601. The van der Waals surface area contributed by atoms with Crippen LogP contribution in [0.1, 0.15) is 53.5 Å². The molecule has 3 rings (SSSR count). The molecule has 6 heteroatoms. The molecule has 0 aromatic carbocycles. The zero-order chi connectivity index (χ0) is 15.2. The van der Waals surface area contributed by atoms with Gasteiger partial charge < -0.3 is 5.73 Å². The van der Waals surface area contributed by atoms with E-state index < -0.39 is 5.54 Å². The van der Waals surface area contributed by atoms with E-state index in [1.165, 1.54) is 11.1 Å². The molecule has 0 saturated heterocycles. The fourth-order valence-corrected chi connectivity index (χ4v) is 3.57. The second-order valence-corrected chi connectivity index (χ2v) is 6.36. The summed E-state index contributed by atoms with van der Waals surface area (Å²) < 4.78 is 0. The van der Waals surface area contributed by atoms with Gasteiger partial charge in [0.15, 0.2) is 0 Å². The summed E-state index contributed by atoms with van der Waals surface area (Å²) in [5.41, 5.74) is 5.66. The van der Waals surface area contributed by atoms with E-state index in [0.29, 0.717) is 24.3 Å². The number of hydrogen-bond donors (Lipinski definition) is 1. The van der Waals surface area contributed by atoms with Crippen molar-refractivity contribution in [3.8, 4) is 0 Å². The second-order valence-electron chi connectivity index (χ2n) is 5.92. The third-order valence-corrected chi connectivity index (χ3v) is 5.01. The average molecular weight is 303 g/mol. The molecule has 5 nitrogen and oxygen atoms in total. The third kappa shape index (κ3) is 1.97. The summed E-state index contributed by atoms with van der Waals surface area (Å²) in [4.78, 5) is 30.8. The van der Waals surface area contributed by atoms with Gasteiger partial charge in [0.05, 0.1) is 10.6 Å². The molecule has 1 saturated carbocycles. The molecule has 0 spiro atoms. The highest BCUT2D eigenvalue weighted by atomic mass is 32.1. The monoisotopic (exact) mass is 303 g/mol. The SMILES string of the molecule is CC1CCC(C(N)=S)(N2C(=O)c3cccnc3C2=O)CC1. The van der Waals surface area contributed by atoms with E-state index in [1.54, 1.807) is 12.1 Å². The summed E-state index contributed by atoms with van der Waals surface area (Å²) in [5.74, 6) is -0.149. The highest BCUT2D eigenvalue weighted by molar-refractivity contribution is 7.80. The van der Waals surface area contributed by atoms with Crippen LogP contribution in [-0.2, 0) is 0 Å². The first-order valence-corrected chi connectivity index (χ1v) is 7.52. The molecule has 1 fully saturated rings. The van der Waals surface area contributed by atoms with Crippen LogP contribution in [0.5, 0.6) is 0 Å². The Hall–Kier alpha value is -1.82. The normalized spacial score (nSPS) is 28.6.